The van der Waals surface area contributed by atoms with E-state index in [1.165, 1.54) is 6.42 Å². The molecule has 1 atom stereocenters. The van der Waals surface area contributed by atoms with Gasteiger partial charge in [0.2, 0.25) is 5.91 Å². The van der Waals surface area contributed by atoms with Crippen molar-refractivity contribution >= 4 is 5.91 Å². The molecule has 1 unspecified atom stereocenters. The van der Waals surface area contributed by atoms with Gasteiger partial charge in [0.1, 0.15) is 0 Å². The zero-order valence-corrected chi connectivity index (χ0v) is 9.20. The Morgan fingerprint density at radius 3 is 2.86 bits per heavy atom. The van der Waals surface area contributed by atoms with Crippen LogP contribution in [0.15, 0.2) is 0 Å². The number of unbranched alkanes of at least 4 members (excludes halogenated alkanes) is 1. The Kier molecular flexibility index (Phi) is 4.35. The third-order valence-electron chi connectivity index (χ3n) is 2.87. The molecule has 4 nitrogen and oxygen atoms in total. The molecular formula is C10H21N3O. The first-order chi connectivity index (χ1) is 6.69. The highest BCUT2D eigenvalue weighted by atomic mass is 16.2. The minimum absolute atomic E-state index is 0.197. The predicted molar refractivity (Wildman–Crippen MR) is 57.0 cm³/mol. The summed E-state index contributed by atoms with van der Waals surface area (Å²) < 4.78 is 0. The Morgan fingerprint density at radius 1 is 1.57 bits per heavy atom. The lowest BCUT2D eigenvalue weighted by Gasteiger charge is -2.38. The van der Waals surface area contributed by atoms with Gasteiger partial charge in [-0.3, -0.25) is 9.69 Å². The SMILES string of the molecule is CCCCN1CC(=O)N(C)C(CN)C1. The Hall–Kier alpha value is -0.610. The van der Waals surface area contributed by atoms with E-state index in [-0.39, 0.29) is 11.9 Å². The molecule has 0 aromatic rings. The molecule has 14 heavy (non-hydrogen) atoms. The van der Waals surface area contributed by atoms with Gasteiger partial charge in [-0.1, -0.05) is 13.3 Å². The van der Waals surface area contributed by atoms with Crippen LogP contribution in [0.4, 0.5) is 0 Å². The first kappa shape index (κ1) is 11.5. The molecule has 0 radical (unpaired) electrons. The number of piperazine rings is 1. The van der Waals surface area contributed by atoms with Crippen LogP contribution in [-0.2, 0) is 4.79 Å². The molecular weight excluding hydrogens is 178 g/mol. The van der Waals surface area contributed by atoms with Gasteiger partial charge in [-0.15, -0.1) is 0 Å². The molecule has 1 aliphatic heterocycles. The number of hydrogen-bond acceptors (Lipinski definition) is 3. The van der Waals surface area contributed by atoms with Gasteiger partial charge in [0.25, 0.3) is 0 Å². The molecule has 1 amide bonds. The first-order valence-electron chi connectivity index (χ1n) is 5.37. The van der Waals surface area contributed by atoms with Gasteiger partial charge in [0.05, 0.1) is 12.6 Å². The minimum Gasteiger partial charge on any atom is -0.339 e. The van der Waals surface area contributed by atoms with Crippen molar-refractivity contribution in [1.82, 2.24) is 9.80 Å². The Morgan fingerprint density at radius 2 is 2.29 bits per heavy atom. The van der Waals surface area contributed by atoms with Gasteiger partial charge in [-0.05, 0) is 13.0 Å². The Balaban J connectivity index is 2.45. The molecule has 2 N–H and O–H groups in total. The first-order valence-corrected chi connectivity index (χ1v) is 5.37. The standard InChI is InChI=1S/C10H21N3O/c1-3-4-5-13-7-9(6-11)12(2)10(14)8-13/h9H,3-8,11H2,1-2H3. The molecule has 1 fully saturated rings. The molecule has 0 aromatic carbocycles. The highest BCUT2D eigenvalue weighted by molar-refractivity contribution is 5.79. The number of carbonyl (C=O) groups excluding carboxylic acids is 1. The summed E-state index contributed by atoms with van der Waals surface area (Å²) in [6.45, 7) is 5.24. The maximum Gasteiger partial charge on any atom is 0.236 e. The van der Waals surface area contributed by atoms with Crippen molar-refractivity contribution in [3.05, 3.63) is 0 Å². The van der Waals surface area contributed by atoms with E-state index in [1.54, 1.807) is 4.90 Å². The van der Waals surface area contributed by atoms with Crippen molar-refractivity contribution in [2.45, 2.75) is 25.8 Å². The van der Waals surface area contributed by atoms with Gasteiger partial charge in [0, 0.05) is 20.1 Å². The number of carbonyl (C=O) groups is 1. The second kappa shape index (κ2) is 5.32. The zero-order valence-electron chi connectivity index (χ0n) is 9.20. The van der Waals surface area contributed by atoms with E-state index in [1.807, 2.05) is 7.05 Å². The molecule has 1 saturated heterocycles. The van der Waals surface area contributed by atoms with E-state index in [4.69, 9.17) is 5.73 Å². The molecule has 82 valence electrons. The van der Waals surface area contributed by atoms with Crippen LogP contribution < -0.4 is 5.73 Å². The fourth-order valence-electron chi connectivity index (χ4n) is 1.78. The lowest BCUT2D eigenvalue weighted by atomic mass is 10.1. The van der Waals surface area contributed by atoms with Crippen LogP contribution in [0.2, 0.25) is 0 Å². The zero-order chi connectivity index (χ0) is 10.6. The topological polar surface area (TPSA) is 49.6 Å². The van der Waals surface area contributed by atoms with E-state index in [9.17, 15) is 4.79 Å². The fourth-order valence-corrected chi connectivity index (χ4v) is 1.78. The minimum atomic E-state index is 0.197. The second-order valence-corrected chi connectivity index (χ2v) is 3.98. The van der Waals surface area contributed by atoms with E-state index in [2.05, 4.69) is 11.8 Å². The summed E-state index contributed by atoms with van der Waals surface area (Å²) in [6.07, 6.45) is 2.34. The van der Waals surface area contributed by atoms with Crippen LogP contribution in [0, 0.1) is 0 Å². The summed E-state index contributed by atoms with van der Waals surface area (Å²) in [5.74, 6) is 0.197. The molecule has 0 saturated carbocycles. The number of hydrogen-bond donors (Lipinski definition) is 1. The Labute approximate surface area is 86.0 Å². The number of nitrogens with two attached hydrogens (primary N) is 1. The van der Waals surface area contributed by atoms with E-state index in [0.29, 0.717) is 13.1 Å². The summed E-state index contributed by atoms with van der Waals surface area (Å²) in [5.41, 5.74) is 5.63. The summed E-state index contributed by atoms with van der Waals surface area (Å²) in [7, 11) is 1.84. The van der Waals surface area contributed by atoms with Crippen LogP contribution >= 0.6 is 0 Å². The average Bonchev–Trinajstić information content (AvgIpc) is 2.19. The summed E-state index contributed by atoms with van der Waals surface area (Å²) in [5, 5.41) is 0. The molecule has 1 rings (SSSR count). The lowest BCUT2D eigenvalue weighted by molar-refractivity contribution is -0.137. The molecule has 0 spiro atoms. The van der Waals surface area contributed by atoms with Crippen LogP contribution in [0.3, 0.4) is 0 Å². The van der Waals surface area contributed by atoms with E-state index >= 15 is 0 Å². The summed E-state index contributed by atoms with van der Waals surface area (Å²) in [6, 6.07) is 0.202. The van der Waals surface area contributed by atoms with Crippen LogP contribution in [0.1, 0.15) is 19.8 Å². The largest absolute Gasteiger partial charge is 0.339 e. The van der Waals surface area contributed by atoms with E-state index in [0.717, 1.165) is 19.5 Å². The normalized spacial score (nSPS) is 24.4. The predicted octanol–water partition coefficient (Wildman–Crippen LogP) is -0.112. The molecule has 1 aliphatic rings. The van der Waals surface area contributed by atoms with Gasteiger partial charge in [-0.2, -0.15) is 0 Å². The summed E-state index contributed by atoms with van der Waals surface area (Å²) >= 11 is 0. The number of nitrogens with zero attached hydrogens (tertiary/aromatic N) is 2. The molecule has 0 bridgehead atoms. The number of rotatable bonds is 4. The maximum absolute atomic E-state index is 11.6. The average molecular weight is 199 g/mol. The number of likely N-dealkylation sites (N-methyl/N-ethyl adjacent to an activating group) is 1. The Bertz CT molecular complexity index is 196. The third-order valence-corrected chi connectivity index (χ3v) is 2.87. The molecule has 4 heteroatoms. The maximum atomic E-state index is 11.6. The second-order valence-electron chi connectivity index (χ2n) is 3.98. The van der Waals surface area contributed by atoms with Gasteiger partial charge >= 0.3 is 0 Å². The molecule has 0 aromatic heterocycles. The lowest BCUT2D eigenvalue weighted by Crippen LogP contribution is -2.57. The van der Waals surface area contributed by atoms with Gasteiger partial charge < -0.3 is 10.6 Å². The van der Waals surface area contributed by atoms with Crippen LogP contribution in [0.25, 0.3) is 0 Å². The van der Waals surface area contributed by atoms with Crippen molar-refractivity contribution in [3.8, 4) is 0 Å². The highest BCUT2D eigenvalue weighted by Crippen LogP contribution is 2.08. The quantitative estimate of drug-likeness (QED) is 0.687. The molecule has 0 aliphatic carbocycles. The van der Waals surface area contributed by atoms with Crippen molar-refractivity contribution in [2.75, 3.05) is 33.2 Å². The molecule has 1 heterocycles. The van der Waals surface area contributed by atoms with Crippen molar-refractivity contribution in [2.24, 2.45) is 5.73 Å². The third kappa shape index (κ3) is 2.69. The monoisotopic (exact) mass is 199 g/mol. The van der Waals surface area contributed by atoms with Crippen LogP contribution in [0.5, 0.6) is 0 Å². The smallest absolute Gasteiger partial charge is 0.236 e. The summed E-state index contributed by atoms with van der Waals surface area (Å²) in [4.78, 5) is 15.6. The van der Waals surface area contributed by atoms with Gasteiger partial charge in [0.15, 0.2) is 0 Å². The van der Waals surface area contributed by atoms with Crippen molar-refractivity contribution < 1.29 is 4.79 Å². The van der Waals surface area contributed by atoms with E-state index < -0.39 is 0 Å². The number of amides is 1. The van der Waals surface area contributed by atoms with Crippen molar-refractivity contribution in [3.63, 3.8) is 0 Å². The van der Waals surface area contributed by atoms with Gasteiger partial charge in [-0.25, -0.2) is 0 Å². The van der Waals surface area contributed by atoms with Crippen molar-refractivity contribution in [1.29, 1.82) is 0 Å². The highest BCUT2D eigenvalue weighted by Gasteiger charge is 2.28. The van der Waals surface area contributed by atoms with Crippen LogP contribution in [-0.4, -0.2) is 55.0 Å². The fraction of sp³-hybridized carbons (Fsp3) is 0.900.